The lowest BCUT2D eigenvalue weighted by atomic mass is 9.99. The van der Waals surface area contributed by atoms with Gasteiger partial charge in [-0.05, 0) is 54.5 Å². The van der Waals surface area contributed by atoms with Crippen molar-refractivity contribution in [2.75, 3.05) is 27.2 Å². The molecule has 314 valence electrons. The summed E-state index contributed by atoms with van der Waals surface area (Å²) in [5.41, 5.74) is 2.26. The van der Waals surface area contributed by atoms with E-state index in [0.29, 0.717) is 11.3 Å². The maximum atomic E-state index is 14.3. The first-order chi connectivity index (χ1) is 27.6. The molecule has 4 rings (SSSR count). The van der Waals surface area contributed by atoms with Crippen LogP contribution in [0.25, 0.3) is 10.9 Å². The second-order valence-electron chi connectivity index (χ2n) is 15.5. The van der Waals surface area contributed by atoms with Crippen molar-refractivity contribution >= 4 is 52.3 Å². The first kappa shape index (κ1) is 44.8. The molecule has 5 atom stereocenters. The molecule has 0 aliphatic carbocycles. The number of hydrogen-bond donors (Lipinski definition) is 7. The van der Waals surface area contributed by atoms with Gasteiger partial charge >= 0.3 is 0 Å². The molecule has 0 saturated carbocycles. The number of amides is 7. The van der Waals surface area contributed by atoms with E-state index in [1.165, 1.54) is 26.0 Å². The van der Waals surface area contributed by atoms with Gasteiger partial charge in [-0.3, -0.25) is 33.6 Å². The number of nitrogens with zero attached hydrogens (tertiary/aromatic N) is 1. The number of ether oxygens (including phenoxy) is 1. The number of aromatic nitrogens is 1. The Kier molecular flexibility index (Phi) is 16.2. The van der Waals surface area contributed by atoms with Crippen molar-refractivity contribution in [3.05, 3.63) is 65.9 Å². The predicted molar refractivity (Wildman–Crippen MR) is 218 cm³/mol. The Bertz CT molecular complexity index is 1930. The van der Waals surface area contributed by atoms with Gasteiger partial charge in [-0.2, -0.15) is 0 Å². The van der Waals surface area contributed by atoms with Crippen LogP contribution in [0.5, 0.6) is 5.75 Å². The molecule has 7 N–H and O–H groups in total. The van der Waals surface area contributed by atoms with Gasteiger partial charge in [0.2, 0.25) is 41.4 Å². The van der Waals surface area contributed by atoms with Gasteiger partial charge in [-0.1, -0.05) is 58.0 Å². The average Bonchev–Trinajstić information content (AvgIpc) is 3.60. The third-order valence-electron chi connectivity index (χ3n) is 10.2. The molecule has 0 spiro atoms. The zero-order valence-corrected chi connectivity index (χ0v) is 34.4. The summed E-state index contributed by atoms with van der Waals surface area (Å²) in [5.74, 6) is -3.69. The second kappa shape index (κ2) is 21.0. The molecule has 58 heavy (non-hydrogen) atoms. The van der Waals surface area contributed by atoms with E-state index >= 15 is 0 Å². The monoisotopic (exact) mass is 802 g/mol. The Morgan fingerprint density at radius 2 is 1.43 bits per heavy atom. The quantitative estimate of drug-likeness (QED) is 0.150. The number of fused-ring (bicyclic) bond motifs is 1. The van der Waals surface area contributed by atoms with Gasteiger partial charge in [-0.15, -0.1) is 0 Å². The normalized spacial score (nSPS) is 21.6. The van der Waals surface area contributed by atoms with Crippen molar-refractivity contribution in [1.82, 2.24) is 41.8 Å². The summed E-state index contributed by atoms with van der Waals surface area (Å²) < 4.78 is 5.28. The molecule has 1 fully saturated rings. The Balaban J connectivity index is 1.76. The topological polar surface area (TPSA) is 220 Å². The Hall–Kier alpha value is -5.93. The summed E-state index contributed by atoms with van der Waals surface area (Å²) in [4.78, 5) is 100. The van der Waals surface area contributed by atoms with Crippen molar-refractivity contribution in [2.24, 2.45) is 11.8 Å². The van der Waals surface area contributed by atoms with E-state index in [9.17, 15) is 33.6 Å². The molecule has 2 aromatic carbocycles. The van der Waals surface area contributed by atoms with Gasteiger partial charge in [0.1, 0.15) is 29.9 Å². The number of methoxy groups -OCH3 is 1. The zero-order chi connectivity index (χ0) is 42.5. The fourth-order valence-electron chi connectivity index (χ4n) is 6.70. The van der Waals surface area contributed by atoms with Crippen molar-refractivity contribution in [1.29, 1.82) is 0 Å². The summed E-state index contributed by atoms with van der Waals surface area (Å²) in [6.07, 6.45) is 1.70. The first-order valence-corrected chi connectivity index (χ1v) is 19.8. The van der Waals surface area contributed by atoms with Gasteiger partial charge in [-0.25, -0.2) is 0 Å². The molecule has 16 heteroatoms. The van der Waals surface area contributed by atoms with Gasteiger partial charge < -0.3 is 46.5 Å². The van der Waals surface area contributed by atoms with Crippen molar-refractivity contribution in [3.8, 4) is 5.75 Å². The number of rotatable bonds is 11. The highest BCUT2D eigenvalue weighted by molar-refractivity contribution is 5.97. The third-order valence-corrected chi connectivity index (χ3v) is 10.2. The number of para-hydroxylation sites is 1. The lowest BCUT2D eigenvalue weighted by molar-refractivity contribution is -0.139. The fourth-order valence-corrected chi connectivity index (χ4v) is 6.70. The summed E-state index contributed by atoms with van der Waals surface area (Å²) in [7, 11) is 2.99. The number of benzene rings is 2. The highest BCUT2D eigenvalue weighted by Crippen LogP contribution is 2.20. The smallest absolute Gasteiger partial charge is 0.243 e. The summed E-state index contributed by atoms with van der Waals surface area (Å²) in [6, 6.07) is 9.27. The summed E-state index contributed by atoms with van der Waals surface area (Å²) >= 11 is 0. The van der Waals surface area contributed by atoms with E-state index in [-0.39, 0.29) is 56.4 Å². The molecular weight excluding hydrogens is 745 g/mol. The number of aromatic amines is 1. The standard InChI is InChI=1S/C42H58N8O8/c1-24(2)18-32-41(56)48-33(19-27-12-14-29(58-7)15-13-27)40(55)45-26(5)39(54)49-35(25(3)4)22-50(38(53)17-16-36(51)43-6)23-37(52)46-34(42(57)47-32)20-28-21-44-31-11-9-8-10-30(28)31/h8-15,21,24-26,32-35,44H,16-20,22-23H2,1-7H3,(H,43,51)(H,45,55)(H,46,52)(H,47,57)(H,48,56)(H,49,54)/t26-,32+,33+,34-,35-/m1/s1. The van der Waals surface area contributed by atoms with Crippen LogP contribution in [0.3, 0.4) is 0 Å². The number of carbonyl (C=O) groups is 7. The summed E-state index contributed by atoms with van der Waals surface area (Å²) in [5, 5.41) is 17.5. The molecule has 3 aromatic rings. The lowest BCUT2D eigenvalue weighted by Crippen LogP contribution is -2.60. The molecule has 0 bridgehead atoms. The van der Waals surface area contributed by atoms with Crippen LogP contribution in [-0.2, 0) is 46.4 Å². The largest absolute Gasteiger partial charge is 0.497 e. The first-order valence-electron chi connectivity index (χ1n) is 19.8. The minimum Gasteiger partial charge on any atom is -0.497 e. The van der Waals surface area contributed by atoms with E-state index in [2.05, 4.69) is 36.9 Å². The number of H-pyrrole nitrogens is 1. The third kappa shape index (κ3) is 12.8. The van der Waals surface area contributed by atoms with Crippen LogP contribution in [0.15, 0.2) is 54.7 Å². The molecule has 2 heterocycles. The highest BCUT2D eigenvalue weighted by Gasteiger charge is 2.34. The second-order valence-corrected chi connectivity index (χ2v) is 15.5. The highest BCUT2D eigenvalue weighted by atomic mass is 16.5. The maximum Gasteiger partial charge on any atom is 0.243 e. The Morgan fingerprint density at radius 3 is 2.09 bits per heavy atom. The fraction of sp³-hybridized carbons (Fsp3) is 0.500. The SMILES string of the molecule is CNC(=O)CCC(=O)N1CC(=O)N[C@H](Cc2c[nH]c3ccccc23)C(=O)N[C@@H](CC(C)C)C(=O)N[C@@H](Cc2ccc(OC)cc2)C(=O)N[C@H](C)C(=O)N[C@@H](C(C)C)C1. The van der Waals surface area contributed by atoms with E-state index < -0.39 is 72.2 Å². The molecule has 1 aliphatic heterocycles. The molecule has 7 amide bonds. The van der Waals surface area contributed by atoms with Gasteiger partial charge in [0, 0.05) is 62.4 Å². The van der Waals surface area contributed by atoms with Crippen LogP contribution >= 0.6 is 0 Å². The van der Waals surface area contributed by atoms with Crippen LogP contribution in [0.1, 0.15) is 65.0 Å². The Morgan fingerprint density at radius 1 is 0.793 bits per heavy atom. The van der Waals surface area contributed by atoms with Crippen LogP contribution < -0.4 is 36.6 Å². The number of nitrogens with one attached hydrogen (secondary N) is 7. The van der Waals surface area contributed by atoms with Crippen molar-refractivity contribution < 1.29 is 38.3 Å². The molecule has 1 aromatic heterocycles. The summed E-state index contributed by atoms with van der Waals surface area (Å²) in [6.45, 7) is 8.36. The van der Waals surface area contributed by atoms with E-state index in [0.717, 1.165) is 16.5 Å². The lowest BCUT2D eigenvalue weighted by Gasteiger charge is -2.32. The molecule has 0 unspecified atom stereocenters. The van der Waals surface area contributed by atoms with Gasteiger partial charge in [0.05, 0.1) is 13.7 Å². The number of hydrogen-bond acceptors (Lipinski definition) is 8. The van der Waals surface area contributed by atoms with Crippen molar-refractivity contribution in [3.63, 3.8) is 0 Å². The average molecular weight is 803 g/mol. The van der Waals surface area contributed by atoms with E-state index in [1.54, 1.807) is 30.5 Å². The molecule has 1 aliphatic rings. The van der Waals surface area contributed by atoms with Gasteiger partial charge in [0.15, 0.2) is 0 Å². The van der Waals surface area contributed by atoms with Crippen LogP contribution in [0, 0.1) is 11.8 Å². The predicted octanol–water partition coefficient (Wildman–Crippen LogP) is 1.48. The molecule has 0 radical (unpaired) electrons. The minimum atomic E-state index is -1.20. The van der Waals surface area contributed by atoms with Crippen LogP contribution in [0.4, 0.5) is 0 Å². The molecular formula is C42H58N8O8. The molecule has 1 saturated heterocycles. The maximum absolute atomic E-state index is 14.3. The van der Waals surface area contributed by atoms with Crippen LogP contribution in [0.2, 0.25) is 0 Å². The van der Waals surface area contributed by atoms with Crippen LogP contribution in [-0.4, -0.2) is 109 Å². The van der Waals surface area contributed by atoms with Crippen molar-refractivity contribution in [2.45, 2.75) is 96.9 Å². The minimum absolute atomic E-state index is 0.0350. The molecule has 16 nitrogen and oxygen atoms in total. The zero-order valence-electron chi connectivity index (χ0n) is 34.4. The van der Waals surface area contributed by atoms with Gasteiger partial charge in [0.25, 0.3) is 0 Å². The van der Waals surface area contributed by atoms with E-state index in [4.69, 9.17) is 4.74 Å². The van der Waals surface area contributed by atoms with E-state index in [1.807, 2.05) is 52.0 Å². The Labute approximate surface area is 339 Å². The number of carbonyl (C=O) groups excluding carboxylic acids is 7.